The lowest BCUT2D eigenvalue weighted by atomic mass is 9.66. The number of halogens is 4. The van der Waals surface area contributed by atoms with Crippen LogP contribution in [-0.4, -0.2) is 46.6 Å². The second-order valence-corrected chi connectivity index (χ2v) is 11.2. The zero-order valence-electron chi connectivity index (χ0n) is 22.3. The van der Waals surface area contributed by atoms with E-state index in [0.717, 1.165) is 12.1 Å². The molecule has 3 heterocycles. The van der Waals surface area contributed by atoms with Crippen molar-refractivity contribution in [3.63, 3.8) is 0 Å². The average molecular weight is 559 g/mol. The Hall–Kier alpha value is -3.57. The number of rotatable bonds is 4. The number of fused-ring (bicyclic) bond motifs is 1. The van der Waals surface area contributed by atoms with Crippen molar-refractivity contribution in [3.05, 3.63) is 71.2 Å². The molecule has 2 aliphatic heterocycles. The van der Waals surface area contributed by atoms with Crippen LogP contribution in [0.5, 0.6) is 0 Å². The van der Waals surface area contributed by atoms with Gasteiger partial charge in [0.05, 0.1) is 28.6 Å². The van der Waals surface area contributed by atoms with Gasteiger partial charge in [0.2, 0.25) is 5.91 Å². The van der Waals surface area contributed by atoms with E-state index in [2.05, 4.69) is 15.2 Å². The highest BCUT2D eigenvalue weighted by molar-refractivity contribution is 6.06. The molecule has 7 nitrogen and oxygen atoms in total. The van der Waals surface area contributed by atoms with E-state index in [-0.39, 0.29) is 42.3 Å². The number of piperidine rings is 1. The maximum atomic E-state index is 16.1. The second-order valence-electron chi connectivity index (χ2n) is 11.2. The fourth-order valence-corrected chi connectivity index (χ4v) is 5.78. The summed E-state index contributed by atoms with van der Waals surface area (Å²) in [5.41, 5.74) is -1.58. The fraction of sp³-hybridized carbons (Fsp3) is 0.414. The molecule has 2 aliphatic rings. The normalized spacial score (nSPS) is 22.9. The average Bonchev–Trinajstić information content (AvgIpc) is 2.89. The molecule has 0 saturated carbocycles. The predicted octanol–water partition coefficient (Wildman–Crippen LogP) is 5.52. The second kappa shape index (κ2) is 9.81. The van der Waals surface area contributed by atoms with E-state index in [1.165, 1.54) is 35.4 Å². The molecule has 0 unspecified atom stereocenters. The lowest BCUT2D eigenvalue weighted by Crippen LogP contribution is -2.56. The highest BCUT2D eigenvalue weighted by atomic mass is 19.4. The molecule has 11 heteroatoms. The number of hydrogen-bond acceptors (Lipinski definition) is 5. The minimum absolute atomic E-state index is 0.113. The molecule has 0 radical (unpaired) electrons. The Morgan fingerprint density at radius 3 is 2.40 bits per heavy atom. The Morgan fingerprint density at radius 2 is 1.77 bits per heavy atom. The first kappa shape index (κ1) is 28.0. The van der Waals surface area contributed by atoms with Gasteiger partial charge in [-0.05, 0) is 43.2 Å². The van der Waals surface area contributed by atoms with Crippen molar-refractivity contribution >= 4 is 28.5 Å². The van der Waals surface area contributed by atoms with Gasteiger partial charge in [0.1, 0.15) is 5.82 Å². The van der Waals surface area contributed by atoms with Gasteiger partial charge in [-0.2, -0.15) is 13.2 Å². The standard InChI is InChI=1S/C29H30F4N4O3/c1-17(18-4-6-19(7-5-18)29(31,32)33)36-13-11-28(40,27(2,3)16-36)22-8-9-23-21(25(22)30)14-20(15-34-23)37-12-10-24(38)35-26(37)39/h4-9,14-15,17,40H,10-13,16H2,1-3H3,(H,35,38,39)/t17-,28+/m0/s1. The number of urea groups is 1. The SMILES string of the molecule is C[C@@H](c1ccc(C(F)(F)F)cc1)N1CC[C@@](O)(c2ccc3ncc(N4CCC(=O)NC4=O)cc3c2F)C(C)(C)C1. The summed E-state index contributed by atoms with van der Waals surface area (Å²) in [5.74, 6) is -1.02. The Balaban J connectivity index is 1.42. The van der Waals surface area contributed by atoms with Crippen molar-refractivity contribution in [2.75, 3.05) is 24.5 Å². The highest BCUT2D eigenvalue weighted by Gasteiger charge is 2.51. The molecule has 2 atom stereocenters. The summed E-state index contributed by atoms with van der Waals surface area (Å²) in [6.07, 6.45) is -2.67. The van der Waals surface area contributed by atoms with Gasteiger partial charge < -0.3 is 5.11 Å². The van der Waals surface area contributed by atoms with Crippen molar-refractivity contribution in [1.29, 1.82) is 0 Å². The van der Waals surface area contributed by atoms with E-state index in [0.29, 0.717) is 29.9 Å². The van der Waals surface area contributed by atoms with Crippen molar-refractivity contribution in [2.45, 2.75) is 51.4 Å². The molecule has 40 heavy (non-hydrogen) atoms. The zero-order chi connectivity index (χ0) is 29.0. The Bertz CT molecular complexity index is 1470. The van der Waals surface area contributed by atoms with Crippen molar-refractivity contribution in [3.8, 4) is 0 Å². The van der Waals surface area contributed by atoms with Crippen molar-refractivity contribution in [1.82, 2.24) is 15.2 Å². The van der Waals surface area contributed by atoms with Crippen LogP contribution in [0.25, 0.3) is 10.9 Å². The van der Waals surface area contributed by atoms with Crippen LogP contribution >= 0.6 is 0 Å². The Labute approximate surface area is 228 Å². The minimum atomic E-state index is -4.41. The molecule has 212 valence electrons. The third-order valence-electron chi connectivity index (χ3n) is 8.34. The summed E-state index contributed by atoms with van der Waals surface area (Å²) in [7, 11) is 0. The third kappa shape index (κ3) is 4.81. The van der Waals surface area contributed by atoms with Gasteiger partial charge in [-0.1, -0.05) is 32.0 Å². The number of nitrogens with zero attached hydrogens (tertiary/aromatic N) is 3. The van der Waals surface area contributed by atoms with E-state index in [4.69, 9.17) is 0 Å². The summed E-state index contributed by atoms with van der Waals surface area (Å²) in [4.78, 5) is 31.5. The van der Waals surface area contributed by atoms with E-state index in [1.54, 1.807) is 6.07 Å². The number of aromatic nitrogens is 1. The molecule has 2 fully saturated rings. The number of carbonyl (C=O) groups is 2. The quantitative estimate of drug-likeness (QED) is 0.412. The highest BCUT2D eigenvalue weighted by Crippen LogP contribution is 2.49. The number of nitrogens with one attached hydrogen (secondary N) is 1. The summed E-state index contributed by atoms with van der Waals surface area (Å²) in [6.45, 7) is 6.47. The van der Waals surface area contributed by atoms with Crippen LogP contribution in [0.4, 0.5) is 28.0 Å². The fourth-order valence-electron chi connectivity index (χ4n) is 5.78. The lowest BCUT2D eigenvalue weighted by molar-refractivity contribution is -0.137. The molecule has 3 amide bonds. The molecule has 0 bridgehead atoms. The minimum Gasteiger partial charge on any atom is -0.384 e. The van der Waals surface area contributed by atoms with Gasteiger partial charge in [0.25, 0.3) is 0 Å². The van der Waals surface area contributed by atoms with E-state index in [9.17, 15) is 27.9 Å². The first-order valence-corrected chi connectivity index (χ1v) is 13.0. The molecule has 2 N–H and O–H groups in total. The van der Waals surface area contributed by atoms with Crippen LogP contribution in [-0.2, 0) is 16.6 Å². The number of carbonyl (C=O) groups excluding carboxylic acids is 2. The van der Waals surface area contributed by atoms with Gasteiger partial charge in [-0.25, -0.2) is 9.18 Å². The van der Waals surface area contributed by atoms with Crippen LogP contribution in [0.2, 0.25) is 0 Å². The Kier molecular flexibility index (Phi) is 6.86. The van der Waals surface area contributed by atoms with E-state index in [1.807, 2.05) is 20.8 Å². The number of anilines is 1. The number of aliphatic hydroxyl groups is 1. The predicted molar refractivity (Wildman–Crippen MR) is 141 cm³/mol. The molecule has 0 spiro atoms. The van der Waals surface area contributed by atoms with Crippen LogP contribution in [0.3, 0.4) is 0 Å². The number of amides is 3. The van der Waals surface area contributed by atoms with Crippen LogP contribution in [0.15, 0.2) is 48.7 Å². The summed E-state index contributed by atoms with van der Waals surface area (Å²) >= 11 is 0. The monoisotopic (exact) mass is 558 g/mol. The molecule has 0 aliphatic carbocycles. The molecule has 5 rings (SSSR count). The summed E-state index contributed by atoms with van der Waals surface area (Å²) < 4.78 is 55.1. The first-order chi connectivity index (χ1) is 18.7. The van der Waals surface area contributed by atoms with Gasteiger partial charge in [-0.3, -0.25) is 24.9 Å². The molecule has 2 aromatic carbocycles. The number of pyridine rings is 1. The van der Waals surface area contributed by atoms with Crippen molar-refractivity contribution < 1.29 is 32.3 Å². The van der Waals surface area contributed by atoms with E-state index < -0.39 is 34.6 Å². The molecular formula is C29H30F4N4O3. The smallest absolute Gasteiger partial charge is 0.384 e. The van der Waals surface area contributed by atoms with Crippen LogP contribution in [0, 0.1) is 11.2 Å². The van der Waals surface area contributed by atoms with Gasteiger partial charge in [-0.15, -0.1) is 0 Å². The number of hydrogen-bond donors (Lipinski definition) is 2. The summed E-state index contributed by atoms with van der Waals surface area (Å²) in [6, 6.07) is 8.89. The van der Waals surface area contributed by atoms with Crippen LogP contribution in [0.1, 0.15) is 56.3 Å². The molecule has 3 aromatic rings. The first-order valence-electron chi connectivity index (χ1n) is 13.0. The maximum absolute atomic E-state index is 16.1. The topological polar surface area (TPSA) is 85.8 Å². The zero-order valence-corrected chi connectivity index (χ0v) is 22.3. The van der Waals surface area contributed by atoms with Gasteiger partial charge in [0.15, 0.2) is 0 Å². The largest absolute Gasteiger partial charge is 0.416 e. The number of imide groups is 1. The number of alkyl halides is 3. The lowest BCUT2D eigenvalue weighted by Gasteiger charge is -2.52. The number of likely N-dealkylation sites (tertiary alicyclic amines) is 1. The number of benzene rings is 2. The summed E-state index contributed by atoms with van der Waals surface area (Å²) in [5, 5.41) is 14.4. The Morgan fingerprint density at radius 1 is 1.07 bits per heavy atom. The van der Waals surface area contributed by atoms with Crippen molar-refractivity contribution in [2.24, 2.45) is 5.41 Å². The third-order valence-corrected chi connectivity index (χ3v) is 8.34. The van der Waals surface area contributed by atoms with E-state index >= 15 is 4.39 Å². The van der Waals surface area contributed by atoms with Gasteiger partial charge >= 0.3 is 12.2 Å². The molecule has 1 aromatic heterocycles. The van der Waals surface area contributed by atoms with Gasteiger partial charge in [0, 0.05) is 48.5 Å². The molecular weight excluding hydrogens is 528 g/mol. The van der Waals surface area contributed by atoms with Crippen LogP contribution < -0.4 is 10.2 Å². The maximum Gasteiger partial charge on any atom is 0.416 e. The molecule has 2 saturated heterocycles.